The average molecular weight is 366 g/mol. The number of rotatable bonds is 4. The number of carbonyl (C=O) groups excluding carboxylic acids is 1. The van der Waals surface area contributed by atoms with Crippen LogP contribution in [0.2, 0.25) is 0 Å². The van der Waals surface area contributed by atoms with E-state index in [4.69, 9.17) is 4.74 Å². The van der Waals surface area contributed by atoms with Crippen molar-refractivity contribution in [3.8, 4) is 5.75 Å². The standard InChI is InChI=1S/C16H9F7O2/c17-14-10(7-24)2-1-3-13(14)25-8-9-4-11(15(18,19)20)6-12(5-9)16(21,22)23/h1-7H,8H2. The van der Waals surface area contributed by atoms with Crippen molar-refractivity contribution in [1.82, 2.24) is 0 Å². The minimum absolute atomic E-state index is 0.0168. The first-order valence-corrected chi connectivity index (χ1v) is 6.67. The lowest BCUT2D eigenvalue weighted by Gasteiger charge is -2.15. The van der Waals surface area contributed by atoms with Crippen molar-refractivity contribution in [3.05, 3.63) is 64.5 Å². The van der Waals surface area contributed by atoms with Crippen molar-refractivity contribution in [2.75, 3.05) is 0 Å². The summed E-state index contributed by atoms with van der Waals surface area (Å²) >= 11 is 0. The summed E-state index contributed by atoms with van der Waals surface area (Å²) in [6, 6.07) is 4.45. The minimum Gasteiger partial charge on any atom is -0.486 e. The molecule has 0 aliphatic carbocycles. The molecule has 2 aromatic rings. The van der Waals surface area contributed by atoms with Gasteiger partial charge in [-0.15, -0.1) is 0 Å². The fourth-order valence-electron chi connectivity index (χ4n) is 1.99. The van der Waals surface area contributed by atoms with Crippen LogP contribution in [0.4, 0.5) is 30.7 Å². The molecular weight excluding hydrogens is 357 g/mol. The minimum atomic E-state index is -4.99. The molecule has 0 radical (unpaired) electrons. The van der Waals surface area contributed by atoms with Crippen LogP contribution in [-0.4, -0.2) is 6.29 Å². The summed E-state index contributed by atoms with van der Waals surface area (Å²) in [4.78, 5) is 10.6. The van der Waals surface area contributed by atoms with Gasteiger partial charge in [0.15, 0.2) is 17.9 Å². The molecule has 0 atom stereocenters. The molecule has 0 saturated heterocycles. The Labute approximate surface area is 136 Å². The van der Waals surface area contributed by atoms with E-state index in [1.165, 1.54) is 6.07 Å². The number of benzene rings is 2. The number of halogens is 7. The fraction of sp³-hybridized carbons (Fsp3) is 0.188. The van der Waals surface area contributed by atoms with E-state index in [0.29, 0.717) is 12.1 Å². The summed E-state index contributed by atoms with van der Waals surface area (Å²) in [7, 11) is 0. The Kier molecular flexibility index (Phi) is 5.05. The third-order valence-corrected chi connectivity index (χ3v) is 3.16. The Morgan fingerprint density at radius 2 is 1.48 bits per heavy atom. The lowest BCUT2D eigenvalue weighted by molar-refractivity contribution is -0.143. The summed E-state index contributed by atoms with van der Waals surface area (Å²) < 4.78 is 95.3. The Balaban J connectivity index is 2.35. The van der Waals surface area contributed by atoms with Crippen LogP contribution in [0.1, 0.15) is 27.0 Å². The quantitative estimate of drug-likeness (QED) is 0.545. The molecule has 0 aliphatic heterocycles. The van der Waals surface area contributed by atoms with Gasteiger partial charge < -0.3 is 4.74 Å². The zero-order valence-corrected chi connectivity index (χ0v) is 12.2. The Morgan fingerprint density at radius 3 is 1.96 bits per heavy atom. The second kappa shape index (κ2) is 6.73. The molecule has 0 bridgehead atoms. The molecule has 9 heteroatoms. The van der Waals surface area contributed by atoms with Gasteiger partial charge in [0.2, 0.25) is 0 Å². The van der Waals surface area contributed by atoms with Crippen LogP contribution in [0, 0.1) is 5.82 Å². The van der Waals surface area contributed by atoms with Crippen molar-refractivity contribution in [1.29, 1.82) is 0 Å². The van der Waals surface area contributed by atoms with E-state index in [1.54, 1.807) is 0 Å². The number of hydrogen-bond acceptors (Lipinski definition) is 2. The van der Waals surface area contributed by atoms with Gasteiger partial charge in [0.05, 0.1) is 16.7 Å². The first-order valence-electron chi connectivity index (χ1n) is 6.67. The van der Waals surface area contributed by atoms with Crippen molar-refractivity contribution < 1.29 is 40.3 Å². The number of aldehydes is 1. The molecule has 2 nitrogen and oxygen atoms in total. The second-order valence-electron chi connectivity index (χ2n) is 4.98. The molecule has 0 saturated carbocycles. The maximum Gasteiger partial charge on any atom is 0.416 e. The summed E-state index contributed by atoms with van der Waals surface area (Å²) in [5.74, 6) is -1.52. The van der Waals surface area contributed by atoms with Gasteiger partial charge >= 0.3 is 12.4 Å². The molecule has 25 heavy (non-hydrogen) atoms. The predicted octanol–water partition coefficient (Wildman–Crippen LogP) is 5.25. The molecule has 0 fully saturated rings. The van der Waals surface area contributed by atoms with Crippen LogP contribution in [0.3, 0.4) is 0 Å². The first kappa shape index (κ1) is 18.8. The molecule has 134 valence electrons. The van der Waals surface area contributed by atoms with Crippen molar-refractivity contribution in [2.45, 2.75) is 19.0 Å². The highest BCUT2D eigenvalue weighted by Gasteiger charge is 2.36. The van der Waals surface area contributed by atoms with Gasteiger partial charge in [-0.2, -0.15) is 26.3 Å². The SMILES string of the molecule is O=Cc1cccc(OCc2cc(C(F)(F)F)cc(C(F)(F)F)c2)c1F. The number of hydrogen-bond donors (Lipinski definition) is 0. The van der Waals surface area contributed by atoms with Gasteiger partial charge in [0, 0.05) is 0 Å². The van der Waals surface area contributed by atoms with Gasteiger partial charge in [-0.3, -0.25) is 4.79 Å². The van der Waals surface area contributed by atoms with Crippen LogP contribution >= 0.6 is 0 Å². The van der Waals surface area contributed by atoms with Crippen LogP contribution < -0.4 is 4.74 Å². The maximum atomic E-state index is 13.8. The van der Waals surface area contributed by atoms with Gasteiger partial charge in [-0.05, 0) is 35.9 Å². The first-order chi connectivity index (χ1) is 11.5. The van der Waals surface area contributed by atoms with E-state index >= 15 is 0 Å². The smallest absolute Gasteiger partial charge is 0.416 e. The number of alkyl halides is 6. The summed E-state index contributed by atoms with van der Waals surface area (Å²) in [5, 5.41) is 0. The van der Waals surface area contributed by atoms with Crippen molar-refractivity contribution in [2.24, 2.45) is 0 Å². The normalized spacial score (nSPS) is 12.1. The van der Waals surface area contributed by atoms with Crippen LogP contribution in [0.5, 0.6) is 5.75 Å². The van der Waals surface area contributed by atoms with Gasteiger partial charge in [-0.25, -0.2) is 4.39 Å². The Bertz CT molecular complexity index is 747. The zero-order valence-electron chi connectivity index (χ0n) is 12.2. The lowest BCUT2D eigenvalue weighted by Crippen LogP contribution is -2.12. The molecular formula is C16H9F7O2. The average Bonchev–Trinajstić information content (AvgIpc) is 2.52. The fourth-order valence-corrected chi connectivity index (χ4v) is 1.99. The molecule has 0 N–H and O–H groups in total. The van der Waals surface area contributed by atoms with E-state index in [1.807, 2.05) is 0 Å². The third kappa shape index (κ3) is 4.49. The van der Waals surface area contributed by atoms with Gasteiger partial charge in [0.25, 0.3) is 0 Å². The van der Waals surface area contributed by atoms with E-state index in [2.05, 4.69) is 0 Å². The molecule has 2 rings (SSSR count). The zero-order chi connectivity index (χ0) is 18.8. The molecule has 0 aliphatic rings. The van der Waals surface area contributed by atoms with E-state index < -0.39 is 47.2 Å². The monoisotopic (exact) mass is 366 g/mol. The van der Waals surface area contributed by atoms with E-state index in [9.17, 15) is 35.5 Å². The predicted molar refractivity (Wildman–Crippen MR) is 72.6 cm³/mol. The molecule has 0 amide bonds. The summed E-state index contributed by atoms with van der Waals surface area (Å²) in [6.07, 6.45) is -9.77. The highest BCUT2D eigenvalue weighted by atomic mass is 19.4. The van der Waals surface area contributed by atoms with Crippen molar-refractivity contribution in [3.63, 3.8) is 0 Å². The highest BCUT2D eigenvalue weighted by molar-refractivity contribution is 5.76. The molecule has 0 spiro atoms. The lowest BCUT2D eigenvalue weighted by atomic mass is 10.1. The molecule has 0 aromatic heterocycles. The molecule has 2 aromatic carbocycles. The third-order valence-electron chi connectivity index (χ3n) is 3.16. The van der Waals surface area contributed by atoms with E-state index in [0.717, 1.165) is 12.1 Å². The largest absolute Gasteiger partial charge is 0.486 e. The summed E-state index contributed by atoms with van der Waals surface area (Å²) in [5.41, 5.74) is -3.79. The van der Waals surface area contributed by atoms with E-state index in [-0.39, 0.29) is 17.9 Å². The highest BCUT2D eigenvalue weighted by Crippen LogP contribution is 2.36. The van der Waals surface area contributed by atoms with Crippen LogP contribution in [-0.2, 0) is 19.0 Å². The Hall–Kier alpha value is -2.58. The second-order valence-corrected chi connectivity index (χ2v) is 4.98. The van der Waals surface area contributed by atoms with Gasteiger partial charge in [-0.1, -0.05) is 6.07 Å². The topological polar surface area (TPSA) is 26.3 Å². The summed E-state index contributed by atoms with van der Waals surface area (Å²) in [6.45, 7) is -0.744. The van der Waals surface area contributed by atoms with Crippen LogP contribution in [0.15, 0.2) is 36.4 Å². The van der Waals surface area contributed by atoms with Crippen molar-refractivity contribution >= 4 is 6.29 Å². The molecule has 0 unspecified atom stereocenters. The number of ether oxygens (including phenoxy) is 1. The molecule has 0 heterocycles. The Morgan fingerprint density at radius 1 is 0.920 bits per heavy atom. The van der Waals surface area contributed by atoms with Crippen LogP contribution in [0.25, 0.3) is 0 Å². The van der Waals surface area contributed by atoms with Gasteiger partial charge in [0.1, 0.15) is 6.61 Å². The maximum absolute atomic E-state index is 13.8. The number of carbonyl (C=O) groups is 1.